The first-order chi connectivity index (χ1) is 7.93. The van der Waals surface area contributed by atoms with E-state index in [4.69, 9.17) is 4.98 Å². The summed E-state index contributed by atoms with van der Waals surface area (Å²) in [6.07, 6.45) is 1.10. The van der Waals surface area contributed by atoms with E-state index in [1.807, 2.05) is 0 Å². The molecule has 0 spiro atoms. The van der Waals surface area contributed by atoms with Crippen molar-refractivity contribution < 1.29 is 0 Å². The number of aromatic nitrogens is 1. The van der Waals surface area contributed by atoms with Crippen molar-refractivity contribution in [1.29, 1.82) is 0 Å². The second kappa shape index (κ2) is 4.68. The van der Waals surface area contributed by atoms with Crippen molar-refractivity contribution in [2.45, 2.75) is 74.1 Å². The summed E-state index contributed by atoms with van der Waals surface area (Å²) in [6.45, 7) is 20.2. The second-order valence-electron chi connectivity index (χ2n) is 7.76. The molecule has 0 saturated carbocycles. The molecule has 0 atom stereocenters. The molecule has 0 saturated heterocycles. The van der Waals surface area contributed by atoms with Crippen LogP contribution in [0.25, 0.3) is 0 Å². The van der Waals surface area contributed by atoms with Crippen molar-refractivity contribution >= 4 is 0 Å². The molecule has 0 N–H and O–H groups in total. The molecular formula is C17H29N. The van der Waals surface area contributed by atoms with E-state index in [-0.39, 0.29) is 5.41 Å². The summed E-state index contributed by atoms with van der Waals surface area (Å²) in [6, 6.07) is 0. The van der Waals surface area contributed by atoms with Gasteiger partial charge < -0.3 is 0 Å². The first-order valence-electron chi connectivity index (χ1n) is 6.90. The third-order valence-corrected chi connectivity index (χ3v) is 3.54. The summed E-state index contributed by atoms with van der Waals surface area (Å²) in [7, 11) is 0. The van der Waals surface area contributed by atoms with Crippen LogP contribution in [-0.4, -0.2) is 4.98 Å². The molecule has 1 heterocycles. The minimum atomic E-state index is 0.115. The van der Waals surface area contributed by atoms with Gasteiger partial charge in [0.15, 0.2) is 0 Å². The van der Waals surface area contributed by atoms with E-state index in [9.17, 15) is 0 Å². The Labute approximate surface area is 113 Å². The number of hydrogen-bond donors (Lipinski definition) is 0. The number of aryl methyl sites for hydroxylation is 1. The maximum absolute atomic E-state index is 4.89. The molecule has 0 aliphatic heterocycles. The van der Waals surface area contributed by atoms with Gasteiger partial charge in [-0.1, -0.05) is 41.5 Å². The van der Waals surface area contributed by atoms with Crippen molar-refractivity contribution in [3.05, 3.63) is 28.1 Å². The molecule has 18 heavy (non-hydrogen) atoms. The van der Waals surface area contributed by atoms with Crippen molar-refractivity contribution in [2.24, 2.45) is 5.41 Å². The van der Waals surface area contributed by atoms with Gasteiger partial charge in [0.05, 0.1) is 0 Å². The molecule has 0 amide bonds. The van der Waals surface area contributed by atoms with Crippen LogP contribution in [0.4, 0.5) is 0 Å². The van der Waals surface area contributed by atoms with Crippen LogP contribution in [0.1, 0.15) is 69.6 Å². The Balaban J connectivity index is 3.50. The smallest absolute Gasteiger partial charge is 0.0495 e. The van der Waals surface area contributed by atoms with Gasteiger partial charge in [0.2, 0.25) is 0 Å². The lowest BCUT2D eigenvalue weighted by molar-refractivity contribution is 0.402. The monoisotopic (exact) mass is 247 g/mol. The van der Waals surface area contributed by atoms with Crippen LogP contribution >= 0.6 is 0 Å². The maximum atomic E-state index is 4.89. The third kappa shape index (κ3) is 3.34. The predicted molar refractivity (Wildman–Crippen MR) is 80.3 cm³/mol. The first-order valence-corrected chi connectivity index (χ1v) is 6.90. The molecule has 1 aromatic rings. The van der Waals surface area contributed by atoms with Crippen LogP contribution in [-0.2, 0) is 11.8 Å². The Morgan fingerprint density at radius 1 is 0.833 bits per heavy atom. The Hall–Kier alpha value is -0.850. The summed E-state index contributed by atoms with van der Waals surface area (Å²) in [5, 5.41) is 0. The molecule has 0 aliphatic rings. The van der Waals surface area contributed by atoms with Crippen molar-refractivity contribution in [1.82, 2.24) is 4.98 Å². The fraction of sp³-hybridized carbons (Fsp3) is 0.706. The fourth-order valence-electron chi connectivity index (χ4n) is 2.36. The van der Waals surface area contributed by atoms with Crippen LogP contribution in [0, 0.1) is 26.2 Å². The van der Waals surface area contributed by atoms with Crippen LogP contribution in [0.5, 0.6) is 0 Å². The Morgan fingerprint density at radius 3 is 1.72 bits per heavy atom. The summed E-state index contributed by atoms with van der Waals surface area (Å²) in [5.74, 6) is 0. The number of rotatable bonds is 1. The highest BCUT2D eigenvalue weighted by atomic mass is 14.7. The van der Waals surface area contributed by atoms with Gasteiger partial charge in [0, 0.05) is 16.8 Å². The maximum Gasteiger partial charge on any atom is 0.0495 e. The molecule has 0 aliphatic carbocycles. The molecule has 0 unspecified atom stereocenters. The normalized spacial score (nSPS) is 12.9. The molecule has 1 nitrogen and oxygen atoms in total. The Bertz CT molecular complexity index is 442. The van der Waals surface area contributed by atoms with Crippen LogP contribution in [0.15, 0.2) is 0 Å². The average molecular weight is 247 g/mol. The molecule has 102 valence electrons. The zero-order valence-corrected chi connectivity index (χ0v) is 13.7. The van der Waals surface area contributed by atoms with Gasteiger partial charge in [-0.25, -0.2) is 0 Å². The lowest BCUT2D eigenvalue weighted by atomic mass is 9.79. The van der Waals surface area contributed by atoms with Crippen molar-refractivity contribution in [3.8, 4) is 0 Å². The number of hydrogen-bond acceptors (Lipinski definition) is 1. The van der Waals surface area contributed by atoms with E-state index < -0.39 is 0 Å². The number of pyridine rings is 1. The van der Waals surface area contributed by atoms with Gasteiger partial charge >= 0.3 is 0 Å². The van der Waals surface area contributed by atoms with Crippen molar-refractivity contribution in [2.75, 3.05) is 0 Å². The molecule has 0 fully saturated rings. The third-order valence-electron chi connectivity index (χ3n) is 3.54. The minimum absolute atomic E-state index is 0.115. The zero-order valence-electron chi connectivity index (χ0n) is 13.7. The van der Waals surface area contributed by atoms with E-state index >= 15 is 0 Å². The number of nitrogens with zero attached hydrogens (tertiary/aromatic N) is 1. The topological polar surface area (TPSA) is 12.9 Å². The quantitative estimate of drug-likeness (QED) is 0.688. The Kier molecular flexibility index (Phi) is 3.95. The largest absolute Gasteiger partial charge is 0.257 e. The summed E-state index contributed by atoms with van der Waals surface area (Å²) in [5.41, 5.74) is 7.11. The molecule has 1 rings (SSSR count). The van der Waals surface area contributed by atoms with E-state index in [2.05, 4.69) is 62.3 Å². The van der Waals surface area contributed by atoms with Gasteiger partial charge in [-0.3, -0.25) is 4.98 Å². The predicted octanol–water partition coefficient (Wildman–Crippen LogP) is 4.89. The highest BCUT2D eigenvalue weighted by Crippen LogP contribution is 2.33. The molecule has 0 bridgehead atoms. The van der Waals surface area contributed by atoms with E-state index in [1.54, 1.807) is 0 Å². The van der Waals surface area contributed by atoms with Gasteiger partial charge in [-0.05, 0) is 49.3 Å². The average Bonchev–Trinajstić information content (AvgIpc) is 2.15. The van der Waals surface area contributed by atoms with E-state index in [0.717, 1.165) is 6.42 Å². The lowest BCUT2D eigenvalue weighted by Gasteiger charge is -2.29. The molecule has 0 radical (unpaired) electrons. The first kappa shape index (κ1) is 15.2. The van der Waals surface area contributed by atoms with Crippen molar-refractivity contribution in [3.63, 3.8) is 0 Å². The summed E-state index contributed by atoms with van der Waals surface area (Å²) >= 11 is 0. The summed E-state index contributed by atoms with van der Waals surface area (Å²) in [4.78, 5) is 4.89. The molecule has 0 aromatic carbocycles. The van der Waals surface area contributed by atoms with Crippen LogP contribution in [0.2, 0.25) is 0 Å². The molecular weight excluding hydrogens is 218 g/mol. The van der Waals surface area contributed by atoms with Gasteiger partial charge in [0.1, 0.15) is 0 Å². The van der Waals surface area contributed by atoms with Gasteiger partial charge in [-0.15, -0.1) is 0 Å². The standard InChI is InChI=1S/C17H29N/c1-11-12(2)14(10-16(4,5)6)15(17(7,8)9)18-13(11)3/h10H2,1-9H3. The lowest BCUT2D eigenvalue weighted by Crippen LogP contribution is -2.22. The molecule has 1 aromatic heterocycles. The van der Waals surface area contributed by atoms with Crippen LogP contribution in [0.3, 0.4) is 0 Å². The van der Waals surface area contributed by atoms with E-state index in [0.29, 0.717) is 5.41 Å². The zero-order chi connectivity index (χ0) is 14.3. The van der Waals surface area contributed by atoms with Gasteiger partial charge in [0.25, 0.3) is 0 Å². The molecule has 1 heteroatoms. The SMILES string of the molecule is Cc1nc(C(C)(C)C)c(CC(C)(C)C)c(C)c1C. The second-order valence-corrected chi connectivity index (χ2v) is 7.76. The highest BCUT2D eigenvalue weighted by Gasteiger charge is 2.25. The van der Waals surface area contributed by atoms with Crippen LogP contribution < -0.4 is 0 Å². The highest BCUT2D eigenvalue weighted by molar-refractivity contribution is 5.41. The summed E-state index contributed by atoms with van der Waals surface area (Å²) < 4.78 is 0. The minimum Gasteiger partial charge on any atom is -0.257 e. The van der Waals surface area contributed by atoms with E-state index in [1.165, 1.54) is 28.1 Å². The Morgan fingerprint density at radius 2 is 1.33 bits per heavy atom. The van der Waals surface area contributed by atoms with Gasteiger partial charge in [-0.2, -0.15) is 0 Å². The fourth-order valence-corrected chi connectivity index (χ4v) is 2.36.